The molecular weight excluding hydrogens is 452 g/mol. The quantitative estimate of drug-likeness (QED) is 0.276. The Labute approximate surface area is 205 Å². The maximum absolute atomic E-state index is 13.1. The lowest BCUT2D eigenvalue weighted by Gasteiger charge is -2.27. The van der Waals surface area contributed by atoms with Crippen LogP contribution in [0.2, 0.25) is 5.02 Å². The number of carbonyl (C=O) groups excluding carboxylic acids is 2. The van der Waals surface area contributed by atoms with Crippen molar-refractivity contribution in [3.05, 3.63) is 81.4 Å². The van der Waals surface area contributed by atoms with Gasteiger partial charge in [-0.05, 0) is 62.6 Å². The molecule has 0 fully saturated rings. The molecule has 0 saturated heterocycles. The lowest BCUT2D eigenvalue weighted by atomic mass is 9.93. The SMILES string of the molecule is CC1=C(C#N)C(=O)N(CCCOC(C)C)C(=O)/C1=C/c1ccc(OCc2ccccc2Cl)cc1. The smallest absolute Gasteiger partial charge is 0.271 e. The van der Waals surface area contributed by atoms with Crippen molar-refractivity contribution in [2.45, 2.75) is 39.9 Å². The molecular formula is C27H27ClN2O4. The standard InChI is InChI=1S/C27H27ClN2O4/c1-18(2)33-14-6-13-30-26(31)23(19(3)24(16-29)27(30)32)15-20-9-11-22(12-10-20)34-17-21-7-4-5-8-25(21)28/h4-5,7-12,15,18H,6,13-14,17H2,1-3H3/b23-15+. The fourth-order valence-electron chi connectivity index (χ4n) is 3.48. The van der Waals surface area contributed by atoms with Gasteiger partial charge in [-0.15, -0.1) is 0 Å². The predicted molar refractivity (Wildman–Crippen MR) is 131 cm³/mol. The van der Waals surface area contributed by atoms with E-state index in [1.54, 1.807) is 25.1 Å². The maximum Gasteiger partial charge on any atom is 0.271 e. The van der Waals surface area contributed by atoms with Gasteiger partial charge in [0.1, 0.15) is 24.0 Å². The minimum atomic E-state index is -0.560. The number of amides is 2. The van der Waals surface area contributed by atoms with Gasteiger partial charge in [-0.2, -0.15) is 5.26 Å². The van der Waals surface area contributed by atoms with E-state index < -0.39 is 11.8 Å². The van der Waals surface area contributed by atoms with Crippen LogP contribution >= 0.6 is 11.6 Å². The minimum Gasteiger partial charge on any atom is -0.489 e. The summed E-state index contributed by atoms with van der Waals surface area (Å²) in [6.45, 7) is 6.42. The van der Waals surface area contributed by atoms with Crippen LogP contribution in [0.4, 0.5) is 0 Å². The Balaban J connectivity index is 1.76. The van der Waals surface area contributed by atoms with E-state index >= 15 is 0 Å². The number of nitrogens with zero attached hydrogens (tertiary/aromatic N) is 2. The zero-order valence-electron chi connectivity index (χ0n) is 19.5. The minimum absolute atomic E-state index is 0.0182. The van der Waals surface area contributed by atoms with E-state index in [1.165, 1.54) is 0 Å². The van der Waals surface area contributed by atoms with Crippen LogP contribution in [0.3, 0.4) is 0 Å². The second kappa shape index (κ2) is 11.6. The van der Waals surface area contributed by atoms with Crippen LogP contribution < -0.4 is 4.74 Å². The van der Waals surface area contributed by atoms with Gasteiger partial charge in [0.2, 0.25) is 0 Å². The Morgan fingerprint density at radius 3 is 2.44 bits per heavy atom. The molecule has 0 bridgehead atoms. The molecule has 0 saturated carbocycles. The van der Waals surface area contributed by atoms with E-state index in [9.17, 15) is 14.9 Å². The first-order chi connectivity index (χ1) is 16.3. The molecule has 0 aliphatic carbocycles. The highest BCUT2D eigenvalue weighted by Crippen LogP contribution is 2.28. The van der Waals surface area contributed by atoms with E-state index in [0.717, 1.165) is 16.0 Å². The number of carbonyl (C=O) groups is 2. The number of imide groups is 1. The number of halogens is 1. The number of benzene rings is 2. The van der Waals surface area contributed by atoms with Gasteiger partial charge in [-0.1, -0.05) is 41.9 Å². The fraction of sp³-hybridized carbons (Fsp3) is 0.296. The molecule has 0 atom stereocenters. The summed E-state index contributed by atoms with van der Waals surface area (Å²) < 4.78 is 11.3. The Morgan fingerprint density at radius 2 is 1.79 bits per heavy atom. The molecule has 6 nitrogen and oxygen atoms in total. The number of rotatable bonds is 9. The second-order valence-corrected chi connectivity index (χ2v) is 8.56. The lowest BCUT2D eigenvalue weighted by molar-refractivity contribution is -0.140. The highest BCUT2D eigenvalue weighted by Gasteiger charge is 2.35. The van der Waals surface area contributed by atoms with Crippen molar-refractivity contribution in [3.8, 4) is 11.8 Å². The largest absolute Gasteiger partial charge is 0.489 e. The maximum atomic E-state index is 13.1. The highest BCUT2D eigenvalue weighted by atomic mass is 35.5. The van der Waals surface area contributed by atoms with Crippen LogP contribution in [0.25, 0.3) is 6.08 Å². The molecule has 0 N–H and O–H groups in total. The predicted octanol–water partition coefficient (Wildman–Crippen LogP) is 5.33. The van der Waals surface area contributed by atoms with E-state index in [4.69, 9.17) is 21.1 Å². The third kappa shape index (κ3) is 6.13. The van der Waals surface area contributed by atoms with Crippen LogP contribution in [0.1, 0.15) is 38.3 Å². The molecule has 0 radical (unpaired) electrons. The van der Waals surface area contributed by atoms with E-state index in [1.807, 2.05) is 56.3 Å². The lowest BCUT2D eigenvalue weighted by Crippen LogP contribution is -2.43. The fourth-order valence-corrected chi connectivity index (χ4v) is 3.67. The third-order valence-corrected chi connectivity index (χ3v) is 5.71. The zero-order valence-corrected chi connectivity index (χ0v) is 20.3. The molecule has 2 amide bonds. The van der Waals surface area contributed by atoms with Gasteiger partial charge in [0.15, 0.2) is 0 Å². The molecule has 1 aliphatic heterocycles. The van der Waals surface area contributed by atoms with Crippen LogP contribution in [0.5, 0.6) is 5.75 Å². The Hall–Kier alpha value is -3.40. The van der Waals surface area contributed by atoms with Gasteiger partial charge in [0.05, 0.1) is 6.10 Å². The van der Waals surface area contributed by atoms with Gasteiger partial charge in [-0.3, -0.25) is 14.5 Å². The molecule has 2 aromatic carbocycles. The first-order valence-electron chi connectivity index (χ1n) is 11.1. The van der Waals surface area contributed by atoms with Crippen molar-refractivity contribution in [2.75, 3.05) is 13.2 Å². The molecule has 7 heteroatoms. The summed E-state index contributed by atoms with van der Waals surface area (Å²) in [5.41, 5.74) is 2.33. The summed E-state index contributed by atoms with van der Waals surface area (Å²) in [5, 5.41) is 10.2. The van der Waals surface area contributed by atoms with E-state index in [2.05, 4.69) is 0 Å². The second-order valence-electron chi connectivity index (χ2n) is 8.15. The Bertz CT molecular complexity index is 1160. The van der Waals surface area contributed by atoms with Crippen molar-refractivity contribution < 1.29 is 19.1 Å². The molecule has 1 aliphatic rings. The van der Waals surface area contributed by atoms with Crippen LogP contribution in [0, 0.1) is 11.3 Å². The van der Waals surface area contributed by atoms with Gasteiger partial charge >= 0.3 is 0 Å². The molecule has 176 valence electrons. The summed E-state index contributed by atoms with van der Waals surface area (Å²) in [4.78, 5) is 26.9. The topological polar surface area (TPSA) is 79.6 Å². The van der Waals surface area contributed by atoms with E-state index in [-0.39, 0.29) is 18.2 Å². The summed E-state index contributed by atoms with van der Waals surface area (Å²) in [6.07, 6.45) is 2.26. The molecule has 2 aromatic rings. The van der Waals surface area contributed by atoms with Crippen molar-refractivity contribution >= 4 is 29.5 Å². The summed E-state index contributed by atoms with van der Waals surface area (Å²) in [6, 6.07) is 16.7. The van der Waals surface area contributed by atoms with Crippen molar-refractivity contribution in [2.24, 2.45) is 0 Å². The van der Waals surface area contributed by atoms with Crippen LogP contribution in [-0.2, 0) is 20.9 Å². The van der Waals surface area contributed by atoms with Gasteiger partial charge in [0.25, 0.3) is 11.8 Å². The highest BCUT2D eigenvalue weighted by molar-refractivity contribution is 6.31. The molecule has 0 unspecified atom stereocenters. The molecule has 3 rings (SSSR count). The molecule has 34 heavy (non-hydrogen) atoms. The molecule has 0 aromatic heterocycles. The normalized spacial score (nSPS) is 15.3. The Kier molecular flexibility index (Phi) is 8.64. The van der Waals surface area contributed by atoms with Gasteiger partial charge < -0.3 is 9.47 Å². The van der Waals surface area contributed by atoms with E-state index in [0.29, 0.717) is 41.6 Å². The van der Waals surface area contributed by atoms with Gasteiger partial charge in [-0.25, -0.2) is 0 Å². The van der Waals surface area contributed by atoms with Crippen LogP contribution in [0.15, 0.2) is 65.3 Å². The van der Waals surface area contributed by atoms with Crippen molar-refractivity contribution in [1.82, 2.24) is 4.90 Å². The van der Waals surface area contributed by atoms with Crippen LogP contribution in [-0.4, -0.2) is 36.0 Å². The molecule has 1 heterocycles. The summed E-state index contributed by atoms with van der Waals surface area (Å²) in [7, 11) is 0. The number of hydrogen-bond donors (Lipinski definition) is 0. The number of nitriles is 1. The number of ether oxygens (including phenoxy) is 2. The third-order valence-electron chi connectivity index (χ3n) is 5.35. The average molecular weight is 479 g/mol. The monoisotopic (exact) mass is 478 g/mol. The first kappa shape index (κ1) is 25.2. The van der Waals surface area contributed by atoms with Crippen molar-refractivity contribution in [1.29, 1.82) is 5.26 Å². The summed E-state index contributed by atoms with van der Waals surface area (Å²) >= 11 is 6.17. The van der Waals surface area contributed by atoms with Gasteiger partial charge in [0, 0.05) is 29.3 Å². The number of hydrogen-bond acceptors (Lipinski definition) is 5. The first-order valence-corrected chi connectivity index (χ1v) is 11.5. The summed E-state index contributed by atoms with van der Waals surface area (Å²) in [5.74, 6) is -0.316. The Morgan fingerprint density at radius 1 is 1.09 bits per heavy atom. The van der Waals surface area contributed by atoms with Crippen molar-refractivity contribution in [3.63, 3.8) is 0 Å². The molecule has 0 spiro atoms. The average Bonchev–Trinajstić information content (AvgIpc) is 2.81. The zero-order chi connectivity index (χ0) is 24.7.